The third-order valence-electron chi connectivity index (χ3n) is 2.13. The number of hydrogen-bond donors (Lipinski definition) is 1. The van der Waals surface area contributed by atoms with Gasteiger partial charge in [0.1, 0.15) is 0 Å². The molecule has 0 aliphatic carbocycles. The molecule has 1 saturated heterocycles. The molecule has 1 heterocycles. The van der Waals surface area contributed by atoms with Crippen LogP contribution in [0.25, 0.3) is 0 Å². The summed E-state index contributed by atoms with van der Waals surface area (Å²) in [5.41, 5.74) is 0. The van der Waals surface area contributed by atoms with E-state index in [9.17, 15) is 9.59 Å². The zero-order valence-corrected chi connectivity index (χ0v) is 8.34. The molecule has 0 radical (unpaired) electrons. The maximum Gasteiger partial charge on any atom is 0.394 e. The van der Waals surface area contributed by atoms with Crippen molar-refractivity contribution in [1.29, 1.82) is 0 Å². The molecule has 4 nitrogen and oxygen atoms in total. The Morgan fingerprint density at radius 3 is 2.77 bits per heavy atom. The van der Waals surface area contributed by atoms with Crippen LogP contribution in [0, 0.1) is 0 Å². The average Bonchev–Trinajstić information content (AvgIpc) is 2.28. The summed E-state index contributed by atoms with van der Waals surface area (Å²) < 4.78 is 0. The summed E-state index contributed by atoms with van der Waals surface area (Å²) in [7, 11) is 0. The predicted molar refractivity (Wildman–Crippen MR) is 50.8 cm³/mol. The van der Waals surface area contributed by atoms with Crippen molar-refractivity contribution >= 4 is 23.6 Å². The van der Waals surface area contributed by atoms with Crippen LogP contribution in [0.15, 0.2) is 0 Å². The van der Waals surface area contributed by atoms with Crippen molar-refractivity contribution in [3.63, 3.8) is 0 Å². The van der Waals surface area contributed by atoms with E-state index in [-0.39, 0.29) is 6.04 Å². The molecule has 1 atom stereocenters. The molecular formula is C8H13NO3S. The summed E-state index contributed by atoms with van der Waals surface area (Å²) in [6.45, 7) is 2.45. The number of carbonyl (C=O) groups is 2. The van der Waals surface area contributed by atoms with Crippen LogP contribution in [-0.2, 0) is 9.59 Å². The van der Waals surface area contributed by atoms with E-state index in [0.717, 1.165) is 17.9 Å². The van der Waals surface area contributed by atoms with Gasteiger partial charge in [-0.15, -0.1) is 0 Å². The van der Waals surface area contributed by atoms with Crippen molar-refractivity contribution in [1.82, 2.24) is 4.90 Å². The zero-order valence-electron chi connectivity index (χ0n) is 7.52. The number of carboxylic acid groups (broad SMARTS) is 1. The largest absolute Gasteiger partial charge is 0.474 e. The number of carboxylic acids is 1. The number of nitrogens with zero attached hydrogens (tertiary/aromatic N) is 1. The predicted octanol–water partition coefficient (Wildman–Crippen LogP) is 0.425. The molecule has 0 spiro atoms. The molecule has 0 aromatic heterocycles. The molecule has 5 heteroatoms. The maximum atomic E-state index is 11.2. The summed E-state index contributed by atoms with van der Waals surface area (Å²) >= 11 is 1.77. The number of amides is 1. The minimum Gasteiger partial charge on any atom is -0.474 e. The molecule has 1 amide bonds. The number of thioether (sulfide) groups is 1. The Labute approximate surface area is 81.3 Å². The molecule has 1 rings (SSSR count). The number of rotatable bonds is 0. The summed E-state index contributed by atoms with van der Waals surface area (Å²) in [5.74, 6) is -0.276. The minimum absolute atomic E-state index is 0.0543. The Bertz CT molecular complexity index is 219. The van der Waals surface area contributed by atoms with Gasteiger partial charge in [0.25, 0.3) is 0 Å². The van der Waals surface area contributed by atoms with Crippen molar-refractivity contribution in [3.8, 4) is 0 Å². The first kappa shape index (κ1) is 10.4. The van der Waals surface area contributed by atoms with Gasteiger partial charge in [-0.2, -0.15) is 11.8 Å². The first-order chi connectivity index (χ1) is 6.13. The van der Waals surface area contributed by atoms with E-state index in [1.54, 1.807) is 11.8 Å². The molecule has 1 unspecified atom stereocenters. The van der Waals surface area contributed by atoms with Gasteiger partial charge in [0.2, 0.25) is 0 Å². The highest BCUT2D eigenvalue weighted by molar-refractivity contribution is 7.99. The molecule has 0 aromatic rings. The van der Waals surface area contributed by atoms with Crippen molar-refractivity contribution in [2.75, 3.05) is 18.1 Å². The Kier molecular flexibility index (Phi) is 3.59. The standard InChI is InChI=1S/C8H13NO3S/c1-6-2-4-13-5-3-9(6)7(10)8(11)12/h6H,2-5H2,1H3,(H,11,12). The number of hydrogen-bond acceptors (Lipinski definition) is 3. The van der Waals surface area contributed by atoms with E-state index in [2.05, 4.69) is 0 Å². The molecule has 1 N–H and O–H groups in total. The maximum absolute atomic E-state index is 11.2. The Hall–Kier alpha value is -0.710. The fraction of sp³-hybridized carbons (Fsp3) is 0.750. The first-order valence-electron chi connectivity index (χ1n) is 4.24. The highest BCUT2D eigenvalue weighted by Crippen LogP contribution is 2.15. The van der Waals surface area contributed by atoms with E-state index < -0.39 is 11.9 Å². The molecule has 13 heavy (non-hydrogen) atoms. The second-order valence-corrected chi connectivity index (χ2v) is 4.28. The first-order valence-corrected chi connectivity index (χ1v) is 5.40. The topological polar surface area (TPSA) is 57.6 Å². The monoisotopic (exact) mass is 203 g/mol. The molecular weight excluding hydrogens is 190 g/mol. The molecule has 0 aromatic carbocycles. The van der Waals surface area contributed by atoms with Gasteiger partial charge >= 0.3 is 11.9 Å². The lowest BCUT2D eigenvalue weighted by molar-refractivity contribution is -0.156. The second-order valence-electron chi connectivity index (χ2n) is 3.05. The SMILES string of the molecule is CC1CCSCCN1C(=O)C(=O)O. The van der Waals surface area contributed by atoms with Crippen LogP contribution >= 0.6 is 11.8 Å². The third-order valence-corrected chi connectivity index (χ3v) is 3.13. The molecule has 0 saturated carbocycles. The molecule has 0 bridgehead atoms. The average molecular weight is 203 g/mol. The van der Waals surface area contributed by atoms with Gasteiger partial charge in [-0.1, -0.05) is 0 Å². The Morgan fingerprint density at radius 1 is 1.46 bits per heavy atom. The van der Waals surface area contributed by atoms with Gasteiger partial charge in [-0.3, -0.25) is 4.79 Å². The van der Waals surface area contributed by atoms with Crippen LogP contribution in [0.2, 0.25) is 0 Å². The highest BCUT2D eigenvalue weighted by Gasteiger charge is 2.26. The van der Waals surface area contributed by atoms with E-state index in [0.29, 0.717) is 6.54 Å². The van der Waals surface area contributed by atoms with Crippen LogP contribution in [-0.4, -0.2) is 46.0 Å². The lowest BCUT2D eigenvalue weighted by atomic mass is 10.2. The van der Waals surface area contributed by atoms with Gasteiger partial charge in [-0.25, -0.2) is 4.79 Å². The normalized spacial score (nSPS) is 23.8. The highest BCUT2D eigenvalue weighted by atomic mass is 32.2. The van der Waals surface area contributed by atoms with Gasteiger partial charge in [0.15, 0.2) is 0 Å². The smallest absolute Gasteiger partial charge is 0.394 e. The van der Waals surface area contributed by atoms with Crippen LogP contribution in [0.3, 0.4) is 0 Å². The summed E-state index contributed by atoms with van der Waals surface area (Å²) in [6.07, 6.45) is 0.879. The molecule has 1 fully saturated rings. The Balaban J connectivity index is 2.64. The quantitative estimate of drug-likeness (QED) is 0.580. The fourth-order valence-electron chi connectivity index (χ4n) is 1.32. The number of aliphatic carboxylic acids is 1. The number of carbonyl (C=O) groups excluding carboxylic acids is 1. The lowest BCUT2D eigenvalue weighted by Crippen LogP contribution is -2.43. The van der Waals surface area contributed by atoms with Crippen molar-refractivity contribution in [2.24, 2.45) is 0 Å². The Morgan fingerprint density at radius 2 is 2.15 bits per heavy atom. The van der Waals surface area contributed by atoms with E-state index in [1.165, 1.54) is 4.90 Å². The lowest BCUT2D eigenvalue weighted by Gasteiger charge is -2.24. The second kappa shape index (κ2) is 4.50. The molecule has 74 valence electrons. The van der Waals surface area contributed by atoms with Crippen LogP contribution in [0.5, 0.6) is 0 Å². The van der Waals surface area contributed by atoms with Crippen LogP contribution < -0.4 is 0 Å². The van der Waals surface area contributed by atoms with E-state index in [4.69, 9.17) is 5.11 Å². The van der Waals surface area contributed by atoms with Crippen molar-refractivity contribution in [3.05, 3.63) is 0 Å². The van der Waals surface area contributed by atoms with Crippen LogP contribution in [0.4, 0.5) is 0 Å². The van der Waals surface area contributed by atoms with Crippen LogP contribution in [0.1, 0.15) is 13.3 Å². The van der Waals surface area contributed by atoms with Crippen molar-refractivity contribution < 1.29 is 14.7 Å². The molecule has 1 aliphatic heterocycles. The van der Waals surface area contributed by atoms with Gasteiger partial charge < -0.3 is 10.0 Å². The van der Waals surface area contributed by atoms with Gasteiger partial charge in [0, 0.05) is 18.3 Å². The fourth-order valence-corrected chi connectivity index (χ4v) is 2.36. The third kappa shape index (κ3) is 2.62. The summed E-state index contributed by atoms with van der Waals surface area (Å²) in [4.78, 5) is 23.1. The van der Waals surface area contributed by atoms with Gasteiger partial charge in [-0.05, 0) is 19.1 Å². The molecule has 1 aliphatic rings. The van der Waals surface area contributed by atoms with E-state index in [1.807, 2.05) is 6.92 Å². The summed E-state index contributed by atoms with van der Waals surface area (Å²) in [6, 6.07) is 0.0543. The van der Waals surface area contributed by atoms with E-state index >= 15 is 0 Å². The summed E-state index contributed by atoms with van der Waals surface area (Å²) in [5, 5.41) is 8.55. The van der Waals surface area contributed by atoms with Gasteiger partial charge in [0.05, 0.1) is 0 Å². The van der Waals surface area contributed by atoms with Crippen molar-refractivity contribution in [2.45, 2.75) is 19.4 Å². The zero-order chi connectivity index (χ0) is 9.84. The minimum atomic E-state index is -1.35.